The van der Waals surface area contributed by atoms with Crippen molar-refractivity contribution < 1.29 is 24.1 Å². The molecule has 6 nitrogen and oxygen atoms in total. The molecule has 0 atom stereocenters. The Hall–Kier alpha value is -3.15. The molecule has 0 aliphatic carbocycles. The van der Waals surface area contributed by atoms with Crippen molar-refractivity contribution in [2.75, 3.05) is 6.79 Å². The van der Waals surface area contributed by atoms with Crippen LogP contribution in [0, 0.1) is 0 Å². The van der Waals surface area contributed by atoms with Crippen molar-refractivity contribution in [1.82, 2.24) is 0 Å². The largest absolute Gasteiger partial charge is 0.508 e. The van der Waals surface area contributed by atoms with Crippen LogP contribution in [-0.2, 0) is 0 Å². The van der Waals surface area contributed by atoms with Gasteiger partial charge in [0.15, 0.2) is 11.5 Å². The van der Waals surface area contributed by atoms with Crippen molar-refractivity contribution >= 4 is 11.0 Å². The van der Waals surface area contributed by atoms with Crippen molar-refractivity contribution in [3.05, 3.63) is 46.8 Å². The number of hydrogen-bond donors (Lipinski definition) is 2. The van der Waals surface area contributed by atoms with E-state index in [1.165, 1.54) is 36.6 Å². The molecule has 1 aliphatic heterocycles. The summed E-state index contributed by atoms with van der Waals surface area (Å²) in [6.07, 6.45) is 1.25. The molecule has 2 N–H and O–H groups in total. The number of ether oxygens (including phenoxy) is 2. The van der Waals surface area contributed by atoms with Crippen LogP contribution in [0.25, 0.3) is 22.1 Å². The third-order valence-electron chi connectivity index (χ3n) is 3.54. The zero-order valence-corrected chi connectivity index (χ0v) is 11.2. The lowest BCUT2D eigenvalue weighted by Gasteiger charge is -2.07. The maximum atomic E-state index is 12.6. The zero-order chi connectivity index (χ0) is 15.3. The van der Waals surface area contributed by atoms with Gasteiger partial charge in [-0.1, -0.05) is 0 Å². The van der Waals surface area contributed by atoms with Crippen molar-refractivity contribution in [1.29, 1.82) is 0 Å². The highest BCUT2D eigenvalue weighted by Crippen LogP contribution is 2.41. The topological polar surface area (TPSA) is 89.1 Å². The standard InChI is InChI=1S/C16H10O6/c17-8-1-2-9-13(3-8)20-6-11(16(9)19)10-4-14-15(5-12(10)18)22-7-21-14/h1-6,17-18H,7H2. The molecule has 0 radical (unpaired) electrons. The van der Waals surface area contributed by atoms with Crippen LogP contribution in [0.2, 0.25) is 0 Å². The minimum Gasteiger partial charge on any atom is -0.508 e. The number of hydrogen-bond acceptors (Lipinski definition) is 6. The van der Waals surface area contributed by atoms with Gasteiger partial charge in [-0.2, -0.15) is 0 Å². The first kappa shape index (κ1) is 12.6. The number of rotatable bonds is 1. The minimum atomic E-state index is -0.310. The molecule has 3 aromatic rings. The van der Waals surface area contributed by atoms with Crippen LogP contribution in [0.1, 0.15) is 0 Å². The smallest absolute Gasteiger partial charge is 0.231 e. The van der Waals surface area contributed by atoms with Crippen LogP contribution < -0.4 is 14.9 Å². The summed E-state index contributed by atoms with van der Waals surface area (Å²) in [6.45, 7) is 0.0732. The van der Waals surface area contributed by atoms with Crippen molar-refractivity contribution in [2.45, 2.75) is 0 Å². The molecule has 6 heteroatoms. The second kappa shape index (κ2) is 4.42. The van der Waals surface area contributed by atoms with Gasteiger partial charge in [0.2, 0.25) is 12.2 Å². The molecule has 22 heavy (non-hydrogen) atoms. The quantitative estimate of drug-likeness (QED) is 0.718. The Bertz CT molecular complexity index is 957. The normalized spacial score (nSPS) is 12.7. The predicted octanol–water partition coefficient (Wildman–Crippen LogP) is 2.60. The van der Waals surface area contributed by atoms with Gasteiger partial charge in [0.1, 0.15) is 23.3 Å². The lowest BCUT2D eigenvalue weighted by molar-refractivity contribution is 0.174. The fraction of sp³-hybridized carbons (Fsp3) is 0.0625. The number of phenolic OH excluding ortho intramolecular Hbond substituents is 2. The van der Waals surface area contributed by atoms with E-state index in [4.69, 9.17) is 13.9 Å². The van der Waals surface area contributed by atoms with Crippen molar-refractivity contribution in [3.63, 3.8) is 0 Å². The molecule has 110 valence electrons. The summed E-state index contributed by atoms with van der Waals surface area (Å²) in [5.41, 5.74) is 0.464. The van der Waals surface area contributed by atoms with Crippen LogP contribution in [0.5, 0.6) is 23.0 Å². The van der Waals surface area contributed by atoms with E-state index in [9.17, 15) is 15.0 Å². The first-order valence-corrected chi connectivity index (χ1v) is 6.51. The third kappa shape index (κ3) is 1.77. The Morgan fingerprint density at radius 1 is 0.955 bits per heavy atom. The van der Waals surface area contributed by atoms with Crippen molar-refractivity contribution in [3.8, 4) is 34.1 Å². The first-order valence-electron chi connectivity index (χ1n) is 6.51. The van der Waals surface area contributed by atoms with E-state index < -0.39 is 0 Å². The predicted molar refractivity (Wildman–Crippen MR) is 77.4 cm³/mol. The lowest BCUT2D eigenvalue weighted by atomic mass is 10.0. The van der Waals surface area contributed by atoms with Crippen LogP contribution >= 0.6 is 0 Å². The van der Waals surface area contributed by atoms with Crippen LogP contribution in [0.4, 0.5) is 0 Å². The van der Waals surface area contributed by atoms with Gasteiger partial charge in [-0.25, -0.2) is 0 Å². The Kier molecular flexibility index (Phi) is 2.53. The molecule has 2 heterocycles. The van der Waals surface area contributed by atoms with Gasteiger partial charge in [-0.3, -0.25) is 4.79 Å². The Labute approximate surface area is 123 Å². The lowest BCUT2D eigenvalue weighted by Crippen LogP contribution is -2.04. The highest BCUT2D eigenvalue weighted by atomic mass is 16.7. The van der Waals surface area contributed by atoms with E-state index in [1.54, 1.807) is 0 Å². The second-order valence-corrected chi connectivity index (χ2v) is 4.88. The van der Waals surface area contributed by atoms with Gasteiger partial charge in [-0.05, 0) is 18.2 Å². The Morgan fingerprint density at radius 2 is 1.73 bits per heavy atom. The molecule has 0 saturated heterocycles. The summed E-state index contributed by atoms with van der Waals surface area (Å²) in [6, 6.07) is 7.18. The fourth-order valence-corrected chi connectivity index (χ4v) is 2.45. The number of phenols is 2. The monoisotopic (exact) mass is 298 g/mol. The average molecular weight is 298 g/mol. The first-order chi connectivity index (χ1) is 10.6. The minimum absolute atomic E-state index is 0.00864. The van der Waals surface area contributed by atoms with Crippen LogP contribution in [-0.4, -0.2) is 17.0 Å². The molecular formula is C16H10O6. The zero-order valence-electron chi connectivity index (χ0n) is 11.2. The molecule has 0 bridgehead atoms. The van der Waals surface area contributed by atoms with Gasteiger partial charge >= 0.3 is 0 Å². The molecule has 0 unspecified atom stereocenters. The summed E-state index contributed by atoms with van der Waals surface area (Å²) in [7, 11) is 0. The van der Waals surface area contributed by atoms with Gasteiger partial charge in [0, 0.05) is 17.7 Å². The van der Waals surface area contributed by atoms with Crippen molar-refractivity contribution in [2.24, 2.45) is 0 Å². The van der Waals surface area contributed by atoms with Gasteiger partial charge in [0.05, 0.1) is 10.9 Å². The van der Waals surface area contributed by atoms with Gasteiger partial charge in [-0.15, -0.1) is 0 Å². The number of fused-ring (bicyclic) bond motifs is 2. The average Bonchev–Trinajstić information content (AvgIpc) is 2.94. The maximum absolute atomic E-state index is 12.6. The molecule has 0 spiro atoms. The Morgan fingerprint density at radius 3 is 2.55 bits per heavy atom. The molecule has 0 saturated carbocycles. The fourth-order valence-electron chi connectivity index (χ4n) is 2.45. The van der Waals surface area contributed by atoms with E-state index in [2.05, 4.69) is 0 Å². The summed E-state index contributed by atoms with van der Waals surface area (Å²) in [5, 5.41) is 19.8. The molecule has 1 aromatic heterocycles. The molecule has 0 fully saturated rings. The van der Waals surface area contributed by atoms with E-state index in [0.29, 0.717) is 22.4 Å². The highest BCUT2D eigenvalue weighted by molar-refractivity contribution is 5.84. The van der Waals surface area contributed by atoms with Crippen LogP contribution in [0.3, 0.4) is 0 Å². The summed E-state index contributed by atoms with van der Waals surface area (Å²) < 4.78 is 15.8. The third-order valence-corrected chi connectivity index (χ3v) is 3.54. The number of benzene rings is 2. The molecule has 4 rings (SSSR count). The highest BCUT2D eigenvalue weighted by Gasteiger charge is 2.20. The van der Waals surface area contributed by atoms with Crippen LogP contribution in [0.15, 0.2) is 45.8 Å². The maximum Gasteiger partial charge on any atom is 0.231 e. The molecule has 0 amide bonds. The Balaban J connectivity index is 1.97. The molecule has 2 aromatic carbocycles. The molecular weight excluding hydrogens is 288 g/mol. The second-order valence-electron chi connectivity index (χ2n) is 4.88. The van der Waals surface area contributed by atoms with E-state index >= 15 is 0 Å². The van der Waals surface area contributed by atoms with E-state index in [-0.39, 0.29) is 34.9 Å². The van der Waals surface area contributed by atoms with Gasteiger partial charge in [0.25, 0.3) is 0 Å². The SMILES string of the molecule is O=c1c(-c2cc3c(cc2O)OCO3)coc2cc(O)ccc12. The molecule has 1 aliphatic rings. The number of aromatic hydroxyl groups is 2. The summed E-state index contributed by atoms with van der Waals surface area (Å²) in [5.74, 6) is 0.790. The van der Waals surface area contributed by atoms with E-state index in [0.717, 1.165) is 0 Å². The summed E-state index contributed by atoms with van der Waals surface area (Å²) >= 11 is 0. The summed E-state index contributed by atoms with van der Waals surface area (Å²) in [4.78, 5) is 12.6. The van der Waals surface area contributed by atoms with E-state index in [1.807, 2.05) is 0 Å². The van der Waals surface area contributed by atoms with Gasteiger partial charge < -0.3 is 24.1 Å².